The Morgan fingerprint density at radius 1 is 1.29 bits per heavy atom. The van der Waals surface area contributed by atoms with Crippen molar-refractivity contribution in [1.82, 2.24) is 0 Å². The molecule has 0 saturated heterocycles. The van der Waals surface area contributed by atoms with Crippen molar-refractivity contribution in [2.45, 2.75) is 26.2 Å². The fraction of sp³-hybridized carbons (Fsp3) is 0.333. The lowest BCUT2D eigenvalue weighted by Gasteiger charge is -2.06. The molecule has 0 spiro atoms. The number of anilines is 1. The second-order valence-corrected chi connectivity index (χ2v) is 4.73. The Bertz CT molecular complexity index is 412. The topological polar surface area (TPSA) is 66.4 Å². The van der Waals surface area contributed by atoms with Crippen molar-refractivity contribution in [3.8, 4) is 0 Å². The molecule has 92 valence electrons. The third kappa shape index (κ3) is 5.49. The molecule has 0 atom stereocenters. The van der Waals surface area contributed by atoms with E-state index in [1.165, 1.54) is 0 Å². The van der Waals surface area contributed by atoms with Gasteiger partial charge in [-0.25, -0.2) is 0 Å². The smallest absolute Gasteiger partial charge is 0.303 e. The van der Waals surface area contributed by atoms with Gasteiger partial charge in [-0.3, -0.25) is 9.59 Å². The molecule has 0 unspecified atom stereocenters. The van der Waals surface area contributed by atoms with Crippen LogP contribution in [-0.2, 0) is 9.59 Å². The highest BCUT2D eigenvalue weighted by Gasteiger charge is 2.05. The Kier molecular flexibility index (Phi) is 5.15. The van der Waals surface area contributed by atoms with Crippen LogP contribution in [0.2, 0.25) is 0 Å². The molecule has 0 radical (unpaired) electrons. The standard InChI is InChI=1S/C12H14BrNO3/c1-8-5-9(13)7-10(6-8)14-11(15)3-2-4-12(16)17/h5-7H,2-4H2,1H3,(H,14,15)(H,16,17). The summed E-state index contributed by atoms with van der Waals surface area (Å²) in [6.07, 6.45) is 0.594. The first-order valence-corrected chi connectivity index (χ1v) is 6.05. The van der Waals surface area contributed by atoms with Crippen molar-refractivity contribution in [3.05, 3.63) is 28.2 Å². The van der Waals surface area contributed by atoms with Crippen LogP contribution in [0.3, 0.4) is 0 Å². The lowest BCUT2D eigenvalue weighted by Crippen LogP contribution is -2.12. The van der Waals surface area contributed by atoms with Crippen LogP contribution in [0.5, 0.6) is 0 Å². The van der Waals surface area contributed by atoms with Gasteiger partial charge < -0.3 is 10.4 Å². The molecule has 1 aromatic carbocycles. The Hall–Kier alpha value is -1.36. The van der Waals surface area contributed by atoms with Crippen molar-refractivity contribution in [2.24, 2.45) is 0 Å². The summed E-state index contributed by atoms with van der Waals surface area (Å²) in [6, 6.07) is 5.61. The van der Waals surface area contributed by atoms with E-state index in [2.05, 4.69) is 21.2 Å². The van der Waals surface area contributed by atoms with Crippen LogP contribution in [0.25, 0.3) is 0 Å². The first-order chi connectivity index (χ1) is 7.97. The second kappa shape index (κ2) is 6.39. The lowest BCUT2D eigenvalue weighted by molar-refractivity contribution is -0.137. The number of benzene rings is 1. The maximum atomic E-state index is 11.5. The molecule has 0 aromatic heterocycles. The predicted molar refractivity (Wildman–Crippen MR) is 69.0 cm³/mol. The van der Waals surface area contributed by atoms with E-state index in [1.807, 2.05) is 25.1 Å². The SMILES string of the molecule is Cc1cc(Br)cc(NC(=O)CCCC(=O)O)c1. The van der Waals surface area contributed by atoms with Crippen LogP contribution in [0.15, 0.2) is 22.7 Å². The van der Waals surface area contributed by atoms with E-state index < -0.39 is 5.97 Å². The number of aryl methyl sites for hydroxylation is 1. The quantitative estimate of drug-likeness (QED) is 0.878. The monoisotopic (exact) mass is 299 g/mol. The number of aliphatic carboxylic acids is 1. The molecular formula is C12H14BrNO3. The van der Waals surface area contributed by atoms with Gasteiger partial charge in [-0.15, -0.1) is 0 Å². The number of amides is 1. The Morgan fingerprint density at radius 3 is 2.59 bits per heavy atom. The zero-order valence-corrected chi connectivity index (χ0v) is 11.1. The molecule has 2 N–H and O–H groups in total. The number of halogens is 1. The van der Waals surface area contributed by atoms with Crippen molar-refractivity contribution in [2.75, 3.05) is 5.32 Å². The highest BCUT2D eigenvalue weighted by Crippen LogP contribution is 2.19. The van der Waals surface area contributed by atoms with E-state index in [9.17, 15) is 9.59 Å². The highest BCUT2D eigenvalue weighted by atomic mass is 79.9. The molecule has 0 aliphatic rings. The average Bonchev–Trinajstić information content (AvgIpc) is 2.14. The highest BCUT2D eigenvalue weighted by molar-refractivity contribution is 9.10. The zero-order valence-electron chi connectivity index (χ0n) is 9.50. The number of carbonyl (C=O) groups excluding carboxylic acids is 1. The number of hydrogen-bond donors (Lipinski definition) is 2. The number of nitrogens with one attached hydrogen (secondary N) is 1. The molecule has 5 heteroatoms. The average molecular weight is 300 g/mol. The number of rotatable bonds is 5. The first-order valence-electron chi connectivity index (χ1n) is 5.26. The minimum atomic E-state index is -0.879. The van der Waals surface area contributed by atoms with Crippen LogP contribution in [0.1, 0.15) is 24.8 Å². The van der Waals surface area contributed by atoms with Gasteiger partial charge >= 0.3 is 5.97 Å². The summed E-state index contributed by atoms with van der Waals surface area (Å²) >= 11 is 3.35. The van der Waals surface area contributed by atoms with Crippen molar-refractivity contribution < 1.29 is 14.7 Å². The summed E-state index contributed by atoms with van der Waals surface area (Å²) in [5, 5.41) is 11.2. The third-order valence-electron chi connectivity index (χ3n) is 2.12. The van der Waals surface area contributed by atoms with Crippen molar-refractivity contribution in [3.63, 3.8) is 0 Å². The van der Waals surface area contributed by atoms with Gasteiger partial charge in [-0.2, -0.15) is 0 Å². The van der Waals surface area contributed by atoms with Gasteiger partial charge in [-0.1, -0.05) is 15.9 Å². The van der Waals surface area contributed by atoms with Gasteiger partial charge in [-0.05, 0) is 37.1 Å². The van der Waals surface area contributed by atoms with Crippen LogP contribution in [-0.4, -0.2) is 17.0 Å². The summed E-state index contributed by atoms with van der Waals surface area (Å²) in [7, 11) is 0. The van der Waals surface area contributed by atoms with E-state index in [0.717, 1.165) is 15.7 Å². The Balaban J connectivity index is 2.47. The molecular weight excluding hydrogens is 286 g/mol. The van der Waals surface area contributed by atoms with Gasteiger partial charge in [0.15, 0.2) is 0 Å². The van der Waals surface area contributed by atoms with Crippen LogP contribution < -0.4 is 5.32 Å². The molecule has 1 aromatic rings. The summed E-state index contributed by atoms with van der Waals surface area (Å²) in [5.41, 5.74) is 1.76. The molecule has 0 aliphatic heterocycles. The molecule has 0 fully saturated rings. The van der Waals surface area contributed by atoms with Gasteiger partial charge in [0.05, 0.1) is 0 Å². The molecule has 0 saturated carbocycles. The van der Waals surface area contributed by atoms with E-state index in [4.69, 9.17) is 5.11 Å². The maximum Gasteiger partial charge on any atom is 0.303 e. The van der Waals surface area contributed by atoms with Crippen molar-refractivity contribution >= 4 is 33.5 Å². The molecule has 1 rings (SSSR count). The number of carbonyl (C=O) groups is 2. The largest absolute Gasteiger partial charge is 0.481 e. The molecule has 17 heavy (non-hydrogen) atoms. The summed E-state index contributed by atoms with van der Waals surface area (Å²) in [6.45, 7) is 1.94. The van der Waals surface area contributed by atoms with Gasteiger partial charge in [0.1, 0.15) is 0 Å². The Morgan fingerprint density at radius 2 is 2.00 bits per heavy atom. The number of carboxylic acid groups (broad SMARTS) is 1. The van der Waals surface area contributed by atoms with E-state index in [0.29, 0.717) is 6.42 Å². The predicted octanol–water partition coefficient (Wildman–Crippen LogP) is 2.95. The van der Waals surface area contributed by atoms with Crippen LogP contribution in [0.4, 0.5) is 5.69 Å². The zero-order chi connectivity index (χ0) is 12.8. The Labute approximate surface area is 108 Å². The second-order valence-electron chi connectivity index (χ2n) is 3.81. The van der Waals surface area contributed by atoms with Gasteiger partial charge in [0.2, 0.25) is 5.91 Å². The molecule has 0 heterocycles. The number of hydrogen-bond acceptors (Lipinski definition) is 2. The maximum absolute atomic E-state index is 11.5. The molecule has 0 aliphatic carbocycles. The van der Waals surface area contributed by atoms with Crippen LogP contribution in [0, 0.1) is 6.92 Å². The van der Waals surface area contributed by atoms with Gasteiger partial charge in [0.25, 0.3) is 0 Å². The van der Waals surface area contributed by atoms with Gasteiger partial charge in [0, 0.05) is 23.0 Å². The minimum Gasteiger partial charge on any atom is -0.481 e. The minimum absolute atomic E-state index is 0.0188. The lowest BCUT2D eigenvalue weighted by atomic mass is 10.2. The normalized spacial score (nSPS) is 10.0. The fourth-order valence-electron chi connectivity index (χ4n) is 1.43. The summed E-state index contributed by atoms with van der Waals surface area (Å²) in [4.78, 5) is 21.8. The molecule has 1 amide bonds. The molecule has 0 bridgehead atoms. The molecule has 4 nitrogen and oxygen atoms in total. The first kappa shape index (κ1) is 13.7. The van der Waals surface area contributed by atoms with E-state index in [-0.39, 0.29) is 18.7 Å². The van der Waals surface area contributed by atoms with Crippen LogP contribution >= 0.6 is 15.9 Å². The fourth-order valence-corrected chi connectivity index (χ4v) is 2.04. The summed E-state index contributed by atoms with van der Waals surface area (Å²) < 4.78 is 0.901. The van der Waals surface area contributed by atoms with E-state index in [1.54, 1.807) is 0 Å². The third-order valence-corrected chi connectivity index (χ3v) is 2.58. The van der Waals surface area contributed by atoms with E-state index >= 15 is 0 Å². The number of carboxylic acids is 1. The summed E-state index contributed by atoms with van der Waals surface area (Å²) in [5.74, 6) is -1.04. The van der Waals surface area contributed by atoms with Crippen molar-refractivity contribution in [1.29, 1.82) is 0 Å².